The lowest BCUT2D eigenvalue weighted by atomic mass is 9.98. The number of ether oxygens (including phenoxy) is 3. The van der Waals surface area contributed by atoms with Crippen LogP contribution in [0.15, 0.2) is 0 Å². The van der Waals surface area contributed by atoms with Crippen molar-refractivity contribution in [2.45, 2.75) is 61.7 Å². The lowest BCUT2D eigenvalue weighted by Gasteiger charge is -2.43. The number of rotatable bonds is 4. The first kappa shape index (κ1) is 17.9. The standard InChI is InChI=1S/C12H22O10/c13-2-5-8(16)4(1-7(15)20-5)21-12-11(19)10(18)9(17)6(3-14)22-12/h4-19H,1-3H2/t4-,5-,6-,7+,8-,9+,10+,11-,12-/m1/s1. The molecule has 0 spiro atoms. The third kappa shape index (κ3) is 3.57. The summed E-state index contributed by atoms with van der Waals surface area (Å²) < 4.78 is 15.4. The molecule has 0 radical (unpaired) electrons. The molecule has 9 atom stereocenters. The third-order valence-electron chi connectivity index (χ3n) is 3.86. The van der Waals surface area contributed by atoms with Crippen LogP contribution in [0.2, 0.25) is 0 Å². The van der Waals surface area contributed by atoms with E-state index in [4.69, 9.17) is 24.4 Å². The van der Waals surface area contributed by atoms with Gasteiger partial charge in [0.15, 0.2) is 12.6 Å². The van der Waals surface area contributed by atoms with Gasteiger partial charge in [0.05, 0.1) is 19.3 Å². The van der Waals surface area contributed by atoms with Crippen molar-refractivity contribution in [1.29, 1.82) is 0 Å². The molecule has 130 valence electrons. The van der Waals surface area contributed by atoms with Gasteiger partial charge in [-0.3, -0.25) is 0 Å². The first-order chi connectivity index (χ1) is 10.4. The molecule has 10 nitrogen and oxygen atoms in total. The van der Waals surface area contributed by atoms with Gasteiger partial charge in [-0.05, 0) is 0 Å². The van der Waals surface area contributed by atoms with Crippen LogP contribution in [0, 0.1) is 0 Å². The van der Waals surface area contributed by atoms with Gasteiger partial charge < -0.3 is 50.0 Å². The molecule has 0 aromatic rings. The highest BCUT2D eigenvalue weighted by Gasteiger charge is 2.47. The van der Waals surface area contributed by atoms with Crippen LogP contribution in [-0.4, -0.2) is 104 Å². The number of hydrogen-bond donors (Lipinski definition) is 7. The molecule has 0 saturated carbocycles. The second-order valence-electron chi connectivity index (χ2n) is 5.41. The second-order valence-corrected chi connectivity index (χ2v) is 5.41. The van der Waals surface area contributed by atoms with Gasteiger partial charge in [-0.2, -0.15) is 0 Å². The van der Waals surface area contributed by atoms with Crippen LogP contribution in [0.1, 0.15) is 6.42 Å². The molecule has 0 unspecified atom stereocenters. The Morgan fingerprint density at radius 1 is 0.773 bits per heavy atom. The maximum Gasteiger partial charge on any atom is 0.187 e. The maximum atomic E-state index is 9.98. The van der Waals surface area contributed by atoms with Crippen LogP contribution < -0.4 is 0 Å². The van der Waals surface area contributed by atoms with Crippen LogP contribution in [0.3, 0.4) is 0 Å². The molecular weight excluding hydrogens is 304 g/mol. The molecule has 0 amide bonds. The highest BCUT2D eigenvalue weighted by molar-refractivity contribution is 4.91. The Hall–Kier alpha value is -0.400. The monoisotopic (exact) mass is 326 g/mol. The molecule has 22 heavy (non-hydrogen) atoms. The molecular formula is C12H22O10. The average Bonchev–Trinajstić information content (AvgIpc) is 2.50. The minimum absolute atomic E-state index is 0.146. The van der Waals surface area contributed by atoms with Crippen molar-refractivity contribution in [1.82, 2.24) is 0 Å². The van der Waals surface area contributed by atoms with Crippen molar-refractivity contribution in [3.63, 3.8) is 0 Å². The predicted octanol–water partition coefficient (Wildman–Crippen LogP) is -4.37. The molecule has 2 saturated heterocycles. The normalized spacial score (nSPS) is 50.0. The van der Waals surface area contributed by atoms with Crippen molar-refractivity contribution in [3.8, 4) is 0 Å². The quantitative estimate of drug-likeness (QED) is 0.268. The molecule has 0 aliphatic carbocycles. The fraction of sp³-hybridized carbons (Fsp3) is 1.00. The summed E-state index contributed by atoms with van der Waals surface area (Å²) >= 11 is 0. The Balaban J connectivity index is 2.04. The van der Waals surface area contributed by atoms with Crippen molar-refractivity contribution >= 4 is 0 Å². The molecule has 10 heteroatoms. The Morgan fingerprint density at radius 3 is 1.95 bits per heavy atom. The van der Waals surface area contributed by atoms with Crippen LogP contribution >= 0.6 is 0 Å². The van der Waals surface area contributed by atoms with E-state index in [0.717, 1.165) is 0 Å². The largest absolute Gasteiger partial charge is 0.394 e. The minimum atomic E-state index is -1.61. The topological polar surface area (TPSA) is 169 Å². The zero-order valence-electron chi connectivity index (χ0n) is 11.7. The molecule has 7 N–H and O–H groups in total. The second kappa shape index (κ2) is 7.45. The lowest BCUT2D eigenvalue weighted by Crippen LogP contribution is -2.61. The summed E-state index contributed by atoms with van der Waals surface area (Å²) in [7, 11) is 0. The van der Waals surface area contributed by atoms with E-state index < -0.39 is 68.5 Å². The number of aliphatic hydroxyl groups excluding tert-OH is 7. The van der Waals surface area contributed by atoms with Crippen molar-refractivity contribution in [3.05, 3.63) is 0 Å². The predicted molar refractivity (Wildman–Crippen MR) is 67.2 cm³/mol. The maximum absolute atomic E-state index is 9.98. The molecule has 0 bridgehead atoms. The van der Waals surface area contributed by atoms with Gasteiger partial charge in [0, 0.05) is 6.42 Å². The van der Waals surface area contributed by atoms with Gasteiger partial charge in [0.25, 0.3) is 0 Å². The summed E-state index contributed by atoms with van der Waals surface area (Å²) in [6, 6.07) is 0. The fourth-order valence-electron chi connectivity index (χ4n) is 2.55. The van der Waals surface area contributed by atoms with E-state index in [1.165, 1.54) is 0 Å². The summed E-state index contributed by atoms with van der Waals surface area (Å²) in [5.41, 5.74) is 0. The third-order valence-corrected chi connectivity index (χ3v) is 3.86. The van der Waals surface area contributed by atoms with Gasteiger partial charge in [-0.15, -0.1) is 0 Å². The first-order valence-electron chi connectivity index (χ1n) is 6.97. The number of aliphatic hydroxyl groups is 7. The van der Waals surface area contributed by atoms with Crippen LogP contribution in [0.4, 0.5) is 0 Å². The molecule has 0 aromatic carbocycles. The van der Waals surface area contributed by atoms with E-state index in [1.807, 2.05) is 0 Å². The Kier molecular flexibility index (Phi) is 6.07. The lowest BCUT2D eigenvalue weighted by molar-refractivity contribution is -0.336. The zero-order valence-corrected chi connectivity index (χ0v) is 11.7. The molecule has 0 aromatic heterocycles. The summed E-state index contributed by atoms with van der Waals surface area (Å²) in [4.78, 5) is 0. The van der Waals surface area contributed by atoms with Gasteiger partial charge in [-0.1, -0.05) is 0 Å². The molecule has 2 rings (SSSR count). The van der Waals surface area contributed by atoms with Crippen molar-refractivity contribution < 1.29 is 50.0 Å². The summed E-state index contributed by atoms with van der Waals surface area (Å²) in [6.07, 6.45) is -12.1. The van der Waals surface area contributed by atoms with Crippen LogP contribution in [0.25, 0.3) is 0 Å². The van der Waals surface area contributed by atoms with E-state index in [-0.39, 0.29) is 6.42 Å². The van der Waals surface area contributed by atoms with Gasteiger partial charge in [0.2, 0.25) is 0 Å². The van der Waals surface area contributed by atoms with Crippen molar-refractivity contribution in [2.75, 3.05) is 13.2 Å². The minimum Gasteiger partial charge on any atom is -0.394 e. The smallest absolute Gasteiger partial charge is 0.187 e. The highest BCUT2D eigenvalue weighted by Crippen LogP contribution is 2.27. The van der Waals surface area contributed by atoms with E-state index in [9.17, 15) is 25.5 Å². The van der Waals surface area contributed by atoms with E-state index in [0.29, 0.717) is 0 Å². The Labute approximate surface area is 126 Å². The number of hydrogen-bond acceptors (Lipinski definition) is 10. The van der Waals surface area contributed by atoms with Crippen molar-refractivity contribution in [2.24, 2.45) is 0 Å². The summed E-state index contributed by atoms with van der Waals surface area (Å²) in [5, 5.41) is 66.9. The summed E-state index contributed by atoms with van der Waals surface area (Å²) in [5.74, 6) is 0. The van der Waals surface area contributed by atoms with E-state index in [1.54, 1.807) is 0 Å². The highest BCUT2D eigenvalue weighted by atomic mass is 16.7. The zero-order chi connectivity index (χ0) is 16.4. The molecule has 2 heterocycles. The Morgan fingerprint density at radius 2 is 1.36 bits per heavy atom. The first-order valence-corrected chi connectivity index (χ1v) is 6.97. The fourth-order valence-corrected chi connectivity index (χ4v) is 2.55. The van der Waals surface area contributed by atoms with Crippen LogP contribution in [0.5, 0.6) is 0 Å². The van der Waals surface area contributed by atoms with Gasteiger partial charge >= 0.3 is 0 Å². The van der Waals surface area contributed by atoms with Gasteiger partial charge in [0.1, 0.15) is 36.6 Å². The van der Waals surface area contributed by atoms with E-state index >= 15 is 0 Å². The Bertz CT molecular complexity index is 353. The SMILES string of the molecule is OC[C@H]1O[C@H](O)C[C@@H](O[C@@H]2O[C@H](CO)[C@H](O)[C@H](O)[C@H]2O)[C@H]1O. The molecule has 2 aliphatic heterocycles. The van der Waals surface area contributed by atoms with Gasteiger partial charge in [-0.25, -0.2) is 0 Å². The van der Waals surface area contributed by atoms with Crippen LogP contribution in [-0.2, 0) is 14.2 Å². The average molecular weight is 326 g/mol. The molecule has 2 fully saturated rings. The summed E-state index contributed by atoms with van der Waals surface area (Å²) in [6.45, 7) is -1.16. The van der Waals surface area contributed by atoms with E-state index in [2.05, 4.69) is 0 Å². The molecule has 2 aliphatic rings.